The predicted octanol–water partition coefficient (Wildman–Crippen LogP) is 15.0. The smallest absolute Gasteiger partial charge is 0.167 e. The molecule has 1 unspecified atom stereocenters. The van der Waals surface area contributed by atoms with Crippen LogP contribution in [0.2, 0.25) is 0 Å². The van der Waals surface area contributed by atoms with Gasteiger partial charge in [0.15, 0.2) is 17.5 Å². The summed E-state index contributed by atoms with van der Waals surface area (Å²) in [5.74, 6) is 1.93. The van der Waals surface area contributed by atoms with Crippen molar-refractivity contribution in [3.05, 3.63) is 199 Å². The van der Waals surface area contributed by atoms with E-state index in [0.717, 1.165) is 94.5 Å². The molecule has 1 aliphatic rings. The van der Waals surface area contributed by atoms with E-state index < -0.39 is 0 Å². The molecule has 0 saturated heterocycles. The molecule has 0 aliphatic heterocycles. The van der Waals surface area contributed by atoms with Gasteiger partial charge >= 0.3 is 0 Å². The number of nitrogens with zero attached hydrogens (tertiary/aromatic N) is 3. The lowest BCUT2D eigenvalue weighted by Crippen LogP contribution is -2.07. The van der Waals surface area contributed by atoms with Gasteiger partial charge in [0.2, 0.25) is 0 Å². The fourth-order valence-electron chi connectivity index (χ4n) is 9.38. The van der Waals surface area contributed by atoms with Crippen molar-refractivity contribution in [2.45, 2.75) is 13.3 Å². The highest BCUT2D eigenvalue weighted by atomic mass is 16.3. The molecule has 0 fully saturated rings. The highest BCUT2D eigenvalue weighted by Gasteiger charge is 2.26. The van der Waals surface area contributed by atoms with Gasteiger partial charge in [-0.2, -0.15) is 0 Å². The van der Waals surface area contributed by atoms with Crippen LogP contribution in [0.5, 0.6) is 0 Å². The van der Waals surface area contributed by atoms with Gasteiger partial charge in [0, 0.05) is 27.1 Å². The first-order chi connectivity index (χ1) is 30.2. The Kier molecular flexibility index (Phi) is 8.13. The van der Waals surface area contributed by atoms with E-state index in [9.17, 15) is 0 Å². The molecule has 11 aromatic rings. The highest BCUT2D eigenvalue weighted by Crippen LogP contribution is 2.45. The predicted molar refractivity (Wildman–Crippen MR) is 250 cm³/mol. The van der Waals surface area contributed by atoms with Gasteiger partial charge < -0.3 is 8.83 Å². The van der Waals surface area contributed by atoms with Crippen molar-refractivity contribution in [2.24, 2.45) is 5.92 Å². The maximum atomic E-state index is 6.62. The molecular formula is C56H37N3O2. The molecule has 5 nitrogen and oxygen atoms in total. The Morgan fingerprint density at radius 3 is 1.51 bits per heavy atom. The second kappa shape index (κ2) is 14.1. The maximum absolute atomic E-state index is 6.62. The summed E-state index contributed by atoms with van der Waals surface area (Å²) in [7, 11) is 0. The van der Waals surface area contributed by atoms with E-state index >= 15 is 0 Å². The number of allylic oxidation sites excluding steroid dienone is 4. The number of hydrogen-bond acceptors (Lipinski definition) is 5. The molecule has 3 aromatic heterocycles. The van der Waals surface area contributed by atoms with Gasteiger partial charge in [0.1, 0.15) is 22.3 Å². The third-order valence-electron chi connectivity index (χ3n) is 12.3. The fourth-order valence-corrected chi connectivity index (χ4v) is 9.38. The first kappa shape index (κ1) is 35.1. The summed E-state index contributed by atoms with van der Waals surface area (Å²) in [6.45, 7) is 2.32. The molecule has 8 aromatic carbocycles. The number of benzene rings is 8. The van der Waals surface area contributed by atoms with Crippen LogP contribution >= 0.6 is 0 Å². The summed E-state index contributed by atoms with van der Waals surface area (Å²) in [6.07, 6.45) is 5.45. The normalized spacial score (nSPS) is 14.3. The zero-order valence-electron chi connectivity index (χ0n) is 33.3. The summed E-state index contributed by atoms with van der Waals surface area (Å²) in [5.41, 5.74) is 12.9. The topological polar surface area (TPSA) is 65.0 Å². The van der Waals surface area contributed by atoms with Crippen LogP contribution in [0.15, 0.2) is 197 Å². The largest absolute Gasteiger partial charge is 0.455 e. The second-order valence-corrected chi connectivity index (χ2v) is 15.9. The lowest BCUT2D eigenvalue weighted by molar-refractivity contribution is 0.669. The van der Waals surface area contributed by atoms with E-state index in [1.807, 2.05) is 48.5 Å². The van der Waals surface area contributed by atoms with E-state index in [1.54, 1.807) is 0 Å². The molecule has 1 atom stereocenters. The molecule has 0 bridgehead atoms. The van der Waals surface area contributed by atoms with Gasteiger partial charge in [-0.3, -0.25) is 0 Å². The molecule has 12 rings (SSSR count). The molecule has 0 amide bonds. The third kappa shape index (κ3) is 5.81. The summed E-state index contributed by atoms with van der Waals surface area (Å²) in [6, 6.07) is 61.1. The molecule has 3 heterocycles. The number of fused-ring (bicyclic) bond motifs is 7. The lowest BCUT2D eigenvalue weighted by Gasteiger charge is -2.24. The molecule has 1 aliphatic carbocycles. The third-order valence-corrected chi connectivity index (χ3v) is 12.3. The highest BCUT2D eigenvalue weighted by molar-refractivity contribution is 6.11. The zero-order valence-corrected chi connectivity index (χ0v) is 33.3. The van der Waals surface area contributed by atoms with E-state index in [-0.39, 0.29) is 0 Å². The van der Waals surface area contributed by atoms with Crippen molar-refractivity contribution in [3.8, 4) is 45.3 Å². The van der Waals surface area contributed by atoms with E-state index in [2.05, 4.69) is 146 Å². The van der Waals surface area contributed by atoms with Crippen molar-refractivity contribution in [2.75, 3.05) is 0 Å². The first-order valence-corrected chi connectivity index (χ1v) is 20.8. The van der Waals surface area contributed by atoms with E-state index in [1.165, 1.54) is 16.7 Å². The van der Waals surface area contributed by atoms with Gasteiger partial charge in [-0.1, -0.05) is 171 Å². The maximum Gasteiger partial charge on any atom is 0.167 e. The van der Waals surface area contributed by atoms with Crippen LogP contribution in [0.4, 0.5) is 0 Å². The van der Waals surface area contributed by atoms with Crippen molar-refractivity contribution in [3.63, 3.8) is 0 Å². The molecule has 0 saturated carbocycles. The summed E-state index contributed by atoms with van der Waals surface area (Å²) >= 11 is 0. The van der Waals surface area contributed by atoms with E-state index in [4.69, 9.17) is 23.8 Å². The van der Waals surface area contributed by atoms with Crippen LogP contribution < -0.4 is 0 Å². The standard InChI is InChI=1S/C56H37N3O2/c1-34-33-37(29-30-38(34)35-15-4-2-5-16-35)40-31-32-41-39(36-17-6-3-7-18-36)21-12-22-44(41)51(40)56-58-54(47-25-13-23-45-42-19-8-10-27-49(42)60-52(45)47)57-55(59-56)48-26-14-24-46-43-20-9-11-28-50(43)61-53(46)48/h2-32,34H,33H2,1H3. The molecule has 0 spiro atoms. The monoisotopic (exact) mass is 783 g/mol. The minimum atomic E-state index is 0.294. The molecule has 0 N–H and O–H groups in total. The second-order valence-electron chi connectivity index (χ2n) is 15.9. The summed E-state index contributed by atoms with van der Waals surface area (Å²) < 4.78 is 13.2. The number of para-hydroxylation sites is 4. The van der Waals surface area contributed by atoms with Crippen LogP contribution in [0.3, 0.4) is 0 Å². The summed E-state index contributed by atoms with van der Waals surface area (Å²) in [5, 5.41) is 6.31. The Hall–Kier alpha value is -7.89. The van der Waals surface area contributed by atoms with Crippen molar-refractivity contribution >= 4 is 65.8 Å². The van der Waals surface area contributed by atoms with Crippen LogP contribution in [0.1, 0.15) is 24.5 Å². The van der Waals surface area contributed by atoms with Crippen LogP contribution in [-0.4, -0.2) is 15.0 Å². The first-order valence-electron chi connectivity index (χ1n) is 20.8. The minimum absolute atomic E-state index is 0.294. The van der Waals surface area contributed by atoms with Gasteiger partial charge in [-0.25, -0.2) is 15.0 Å². The van der Waals surface area contributed by atoms with Crippen molar-refractivity contribution in [1.29, 1.82) is 0 Å². The number of rotatable bonds is 6. The Morgan fingerprint density at radius 2 is 0.902 bits per heavy atom. The van der Waals surface area contributed by atoms with Crippen LogP contribution in [0.25, 0.3) is 111 Å². The molecule has 61 heavy (non-hydrogen) atoms. The molecular weight excluding hydrogens is 747 g/mol. The van der Waals surface area contributed by atoms with Crippen LogP contribution in [-0.2, 0) is 0 Å². The van der Waals surface area contributed by atoms with Gasteiger partial charge in [0.05, 0.1) is 11.1 Å². The van der Waals surface area contributed by atoms with Crippen molar-refractivity contribution < 1.29 is 8.83 Å². The lowest BCUT2D eigenvalue weighted by atomic mass is 9.80. The quantitative estimate of drug-likeness (QED) is 0.168. The van der Waals surface area contributed by atoms with Crippen LogP contribution in [0, 0.1) is 5.92 Å². The average Bonchev–Trinajstić information content (AvgIpc) is 3.90. The Labute approximate surface area is 352 Å². The Balaban J connectivity index is 1.16. The van der Waals surface area contributed by atoms with Gasteiger partial charge in [0.25, 0.3) is 0 Å². The molecule has 288 valence electrons. The van der Waals surface area contributed by atoms with Gasteiger partial charge in [-0.05, 0) is 80.8 Å². The molecule has 0 radical (unpaired) electrons. The number of furan rings is 2. The minimum Gasteiger partial charge on any atom is -0.455 e. The Bertz CT molecular complexity index is 3450. The summed E-state index contributed by atoms with van der Waals surface area (Å²) in [4.78, 5) is 16.3. The molecule has 5 heteroatoms. The number of aromatic nitrogens is 3. The fraction of sp³-hybridized carbons (Fsp3) is 0.0536. The number of hydrogen-bond donors (Lipinski definition) is 0. The van der Waals surface area contributed by atoms with Crippen molar-refractivity contribution in [1.82, 2.24) is 15.0 Å². The van der Waals surface area contributed by atoms with Gasteiger partial charge in [-0.15, -0.1) is 0 Å². The SMILES string of the molecule is CC1CC(c2ccc3c(-c4ccccc4)cccc3c2-c2nc(-c3cccc4c3oc3ccccc34)nc(-c3cccc4c3oc3ccccc34)n2)=CC=C1c1ccccc1. The average molecular weight is 784 g/mol. The zero-order chi connectivity index (χ0) is 40.4. The van der Waals surface area contributed by atoms with E-state index in [0.29, 0.717) is 23.4 Å². The Morgan fingerprint density at radius 1 is 0.393 bits per heavy atom.